The zero-order valence-corrected chi connectivity index (χ0v) is 21.6. The third-order valence-corrected chi connectivity index (χ3v) is 7.36. The van der Waals surface area contributed by atoms with Crippen LogP contribution < -0.4 is 15.5 Å². The van der Waals surface area contributed by atoms with Crippen molar-refractivity contribution >= 4 is 46.1 Å². The predicted molar refractivity (Wildman–Crippen MR) is 143 cm³/mol. The molecule has 2 aromatic rings. The highest BCUT2D eigenvalue weighted by atomic mass is 16.4. The molecule has 3 N–H and O–H groups in total. The van der Waals surface area contributed by atoms with Crippen LogP contribution in [0, 0.1) is 0 Å². The van der Waals surface area contributed by atoms with E-state index in [9.17, 15) is 24.0 Å². The van der Waals surface area contributed by atoms with Gasteiger partial charge in [0.25, 0.3) is 5.91 Å². The van der Waals surface area contributed by atoms with E-state index in [1.165, 1.54) is 4.90 Å². The van der Waals surface area contributed by atoms with Gasteiger partial charge in [0.1, 0.15) is 6.04 Å². The maximum Gasteiger partial charge on any atom is 0.303 e. The number of benzene rings is 2. The number of hydrogen-bond acceptors (Lipinski definition) is 5. The van der Waals surface area contributed by atoms with Crippen LogP contribution in [-0.4, -0.2) is 40.7 Å². The minimum Gasteiger partial charge on any atom is -0.481 e. The predicted octanol–water partition coefficient (Wildman–Crippen LogP) is 4.21. The number of piperidine rings is 1. The van der Waals surface area contributed by atoms with Crippen molar-refractivity contribution in [1.82, 2.24) is 10.6 Å². The molecule has 0 bridgehead atoms. The second kappa shape index (κ2) is 12.7. The Morgan fingerprint density at radius 2 is 1.61 bits per heavy atom. The Hall–Kier alpha value is -3.75. The van der Waals surface area contributed by atoms with Crippen molar-refractivity contribution in [3.63, 3.8) is 0 Å². The number of carboxylic acid groups (broad SMARTS) is 1. The van der Waals surface area contributed by atoms with Gasteiger partial charge >= 0.3 is 5.97 Å². The van der Waals surface area contributed by atoms with Gasteiger partial charge in [0, 0.05) is 36.8 Å². The summed E-state index contributed by atoms with van der Waals surface area (Å²) in [5, 5.41) is 15.6. The molecule has 2 heterocycles. The number of carbonyl (C=O) groups is 5. The van der Waals surface area contributed by atoms with Gasteiger partial charge in [-0.05, 0) is 42.3 Å². The van der Waals surface area contributed by atoms with Crippen molar-refractivity contribution in [2.75, 3.05) is 4.90 Å². The van der Waals surface area contributed by atoms with Gasteiger partial charge in [0.2, 0.25) is 17.7 Å². The average molecular weight is 522 g/mol. The van der Waals surface area contributed by atoms with Gasteiger partial charge in [0.15, 0.2) is 0 Å². The molecule has 9 nitrogen and oxygen atoms in total. The van der Waals surface area contributed by atoms with Crippen LogP contribution in [0.25, 0.3) is 10.8 Å². The van der Waals surface area contributed by atoms with Crippen LogP contribution in [0.4, 0.5) is 5.69 Å². The summed E-state index contributed by atoms with van der Waals surface area (Å²) in [6.07, 6.45) is 9.01. The SMILES string of the molecule is O=C(O)CCCCCCCCCCC(=O)NCc1ccc2c3c(cccc13)C(=O)N2C1CCC(=O)NC1=O. The number of nitrogens with one attached hydrogen (secondary N) is 2. The molecule has 2 aromatic carbocycles. The number of imide groups is 1. The van der Waals surface area contributed by atoms with Crippen molar-refractivity contribution in [3.8, 4) is 0 Å². The number of anilines is 1. The van der Waals surface area contributed by atoms with E-state index in [-0.39, 0.29) is 37.0 Å². The number of unbranched alkanes of at least 4 members (excludes halogenated alkanes) is 7. The molecular weight excluding hydrogens is 486 g/mol. The second-order valence-electron chi connectivity index (χ2n) is 10.1. The third kappa shape index (κ3) is 6.38. The molecule has 1 fully saturated rings. The Morgan fingerprint density at radius 1 is 0.921 bits per heavy atom. The highest BCUT2D eigenvalue weighted by Crippen LogP contribution is 2.41. The van der Waals surface area contributed by atoms with Gasteiger partial charge in [-0.3, -0.25) is 34.2 Å². The fraction of sp³-hybridized carbons (Fsp3) is 0.483. The van der Waals surface area contributed by atoms with Gasteiger partial charge in [0.05, 0.1) is 5.69 Å². The largest absolute Gasteiger partial charge is 0.481 e. The van der Waals surface area contributed by atoms with Crippen LogP contribution in [0.2, 0.25) is 0 Å². The molecule has 0 saturated carbocycles. The first-order chi connectivity index (χ1) is 18.4. The number of rotatable bonds is 14. The summed E-state index contributed by atoms with van der Waals surface area (Å²) in [5.74, 6) is -1.77. The average Bonchev–Trinajstić information content (AvgIpc) is 3.17. The van der Waals surface area contributed by atoms with Crippen molar-refractivity contribution in [2.45, 2.75) is 89.6 Å². The van der Waals surface area contributed by atoms with E-state index in [2.05, 4.69) is 10.6 Å². The summed E-state index contributed by atoms with van der Waals surface area (Å²) in [5.41, 5.74) is 2.09. The molecule has 202 valence electrons. The Kier molecular flexibility index (Phi) is 9.10. The Morgan fingerprint density at radius 3 is 2.29 bits per heavy atom. The molecule has 0 aliphatic carbocycles. The number of amides is 4. The van der Waals surface area contributed by atoms with Gasteiger partial charge in [-0.15, -0.1) is 0 Å². The lowest BCUT2D eigenvalue weighted by Crippen LogP contribution is -2.53. The fourth-order valence-corrected chi connectivity index (χ4v) is 5.36. The van der Waals surface area contributed by atoms with Gasteiger partial charge in [-0.2, -0.15) is 0 Å². The molecule has 1 saturated heterocycles. The molecule has 1 unspecified atom stereocenters. The standard InChI is InChI=1S/C29H35N3O6/c33-24(12-7-5-3-1-2-4-6-8-13-26(35)36)30-18-19-14-15-22-27-20(19)10-9-11-21(27)29(38)32(22)23-16-17-25(34)31-28(23)37/h9-11,14-15,23H,1-8,12-13,16-18H2,(H,30,33)(H,35,36)(H,31,34,37). The Bertz CT molecular complexity index is 1240. The molecule has 4 rings (SSSR count). The van der Waals surface area contributed by atoms with E-state index >= 15 is 0 Å². The number of aliphatic carboxylic acids is 1. The maximum absolute atomic E-state index is 13.2. The van der Waals surface area contributed by atoms with E-state index in [0.29, 0.717) is 24.2 Å². The second-order valence-corrected chi connectivity index (χ2v) is 10.1. The lowest BCUT2D eigenvalue weighted by Gasteiger charge is -2.30. The first-order valence-electron chi connectivity index (χ1n) is 13.6. The first-order valence-corrected chi connectivity index (χ1v) is 13.6. The zero-order chi connectivity index (χ0) is 27.1. The maximum atomic E-state index is 13.2. The summed E-state index contributed by atoms with van der Waals surface area (Å²) < 4.78 is 0. The van der Waals surface area contributed by atoms with Gasteiger partial charge in [-0.1, -0.05) is 56.7 Å². The summed E-state index contributed by atoms with van der Waals surface area (Å²) in [6, 6.07) is 8.47. The van der Waals surface area contributed by atoms with Gasteiger partial charge in [-0.25, -0.2) is 0 Å². The van der Waals surface area contributed by atoms with Crippen molar-refractivity contribution in [2.24, 2.45) is 0 Å². The summed E-state index contributed by atoms with van der Waals surface area (Å²) in [7, 11) is 0. The Labute approximate surface area is 221 Å². The van der Waals surface area contributed by atoms with E-state index in [4.69, 9.17) is 5.11 Å². The summed E-state index contributed by atoms with van der Waals surface area (Å²) in [4.78, 5) is 61.7. The van der Waals surface area contributed by atoms with Crippen LogP contribution in [-0.2, 0) is 25.7 Å². The minimum absolute atomic E-state index is 0.0110. The molecule has 1 atom stereocenters. The van der Waals surface area contributed by atoms with E-state index in [0.717, 1.165) is 67.7 Å². The van der Waals surface area contributed by atoms with Crippen molar-refractivity contribution in [3.05, 3.63) is 41.5 Å². The van der Waals surface area contributed by atoms with Crippen LogP contribution in [0.5, 0.6) is 0 Å². The molecule has 0 radical (unpaired) electrons. The number of nitrogens with zero attached hydrogens (tertiary/aromatic N) is 1. The minimum atomic E-state index is -0.733. The zero-order valence-electron chi connectivity index (χ0n) is 21.6. The van der Waals surface area contributed by atoms with Crippen LogP contribution in [0.1, 0.15) is 93.0 Å². The first kappa shape index (κ1) is 27.3. The monoisotopic (exact) mass is 521 g/mol. The summed E-state index contributed by atoms with van der Waals surface area (Å²) in [6.45, 7) is 0.349. The van der Waals surface area contributed by atoms with Gasteiger partial charge < -0.3 is 10.4 Å². The highest BCUT2D eigenvalue weighted by molar-refractivity contribution is 6.27. The number of carbonyl (C=O) groups excluding carboxylic acids is 4. The van der Waals surface area contributed by atoms with E-state index in [1.807, 2.05) is 24.3 Å². The molecule has 38 heavy (non-hydrogen) atoms. The van der Waals surface area contributed by atoms with Crippen LogP contribution in [0.3, 0.4) is 0 Å². The van der Waals surface area contributed by atoms with Crippen molar-refractivity contribution in [1.29, 1.82) is 0 Å². The third-order valence-electron chi connectivity index (χ3n) is 7.36. The molecule has 2 aliphatic rings. The van der Waals surface area contributed by atoms with Crippen molar-refractivity contribution < 1.29 is 29.1 Å². The smallest absolute Gasteiger partial charge is 0.303 e. The molecule has 4 amide bonds. The molecular formula is C29H35N3O6. The lowest BCUT2D eigenvalue weighted by molar-refractivity contribution is -0.137. The quantitative estimate of drug-likeness (QED) is 0.252. The number of hydrogen-bond donors (Lipinski definition) is 3. The summed E-state index contributed by atoms with van der Waals surface area (Å²) >= 11 is 0. The molecule has 9 heteroatoms. The van der Waals surface area contributed by atoms with Crippen LogP contribution >= 0.6 is 0 Å². The number of carboxylic acids is 1. The Balaban J connectivity index is 1.26. The van der Waals surface area contributed by atoms with E-state index in [1.54, 1.807) is 6.07 Å². The highest BCUT2D eigenvalue weighted by Gasteiger charge is 2.40. The molecule has 2 aliphatic heterocycles. The lowest BCUT2D eigenvalue weighted by atomic mass is 10.00. The molecule has 0 aromatic heterocycles. The van der Waals surface area contributed by atoms with E-state index < -0.39 is 17.9 Å². The fourth-order valence-electron chi connectivity index (χ4n) is 5.36. The van der Waals surface area contributed by atoms with Crippen LogP contribution in [0.15, 0.2) is 30.3 Å². The topological polar surface area (TPSA) is 133 Å². The normalized spacial score (nSPS) is 16.7. The molecule has 0 spiro atoms.